The van der Waals surface area contributed by atoms with Gasteiger partial charge in [-0.25, -0.2) is 4.79 Å². The van der Waals surface area contributed by atoms with Crippen LogP contribution in [0.2, 0.25) is 0 Å². The number of carboxylic acids is 2. The number of aromatic hydroxyl groups is 1. The molecule has 0 heterocycles. The summed E-state index contributed by atoms with van der Waals surface area (Å²) in [4.78, 5) is 73.2. The maximum absolute atomic E-state index is 13.5. The summed E-state index contributed by atoms with van der Waals surface area (Å²) in [5.41, 5.74) is 12.2. The molecule has 0 aromatic heterocycles. The molecule has 0 spiro atoms. The van der Waals surface area contributed by atoms with Gasteiger partial charge in [0.05, 0.1) is 6.04 Å². The van der Waals surface area contributed by atoms with Crippen LogP contribution in [0.15, 0.2) is 54.6 Å². The predicted octanol–water partition coefficient (Wildman–Crippen LogP) is -0.826. The van der Waals surface area contributed by atoms with E-state index >= 15 is 0 Å². The Morgan fingerprint density at radius 2 is 1.17 bits per heavy atom. The number of phenolic OH excluding ortho intramolecular Hbond substituents is 1. The van der Waals surface area contributed by atoms with Crippen LogP contribution in [0, 0.1) is 0 Å². The fraction of sp³-hybridized carbons (Fsp3) is 0.357. The predicted molar refractivity (Wildman–Crippen MR) is 149 cm³/mol. The Balaban J connectivity index is 2.31. The van der Waals surface area contributed by atoms with E-state index in [9.17, 15) is 39.0 Å². The summed E-state index contributed by atoms with van der Waals surface area (Å²) in [6, 6.07) is 9.11. The van der Waals surface area contributed by atoms with Gasteiger partial charge >= 0.3 is 11.9 Å². The molecule has 0 saturated heterocycles. The van der Waals surface area contributed by atoms with E-state index in [0.717, 1.165) is 0 Å². The van der Waals surface area contributed by atoms with Gasteiger partial charge in [-0.2, -0.15) is 0 Å². The highest BCUT2D eigenvalue weighted by atomic mass is 16.4. The normalized spacial score (nSPS) is 13.5. The maximum Gasteiger partial charge on any atom is 0.326 e. The Labute approximate surface area is 241 Å². The first-order valence-electron chi connectivity index (χ1n) is 13.1. The van der Waals surface area contributed by atoms with Gasteiger partial charge in [0.25, 0.3) is 0 Å². The third-order valence-electron chi connectivity index (χ3n) is 6.22. The molecule has 0 bridgehead atoms. The minimum Gasteiger partial charge on any atom is -0.508 e. The van der Waals surface area contributed by atoms with E-state index in [2.05, 4.69) is 16.0 Å². The first-order chi connectivity index (χ1) is 19.8. The molecule has 0 aliphatic rings. The van der Waals surface area contributed by atoms with E-state index < -0.39 is 66.2 Å². The van der Waals surface area contributed by atoms with Gasteiger partial charge in [-0.05, 0) is 36.1 Å². The third kappa shape index (κ3) is 11.6. The van der Waals surface area contributed by atoms with E-state index in [-0.39, 0.29) is 37.9 Å². The molecule has 2 aromatic carbocycles. The van der Waals surface area contributed by atoms with Crippen molar-refractivity contribution >= 4 is 35.6 Å². The van der Waals surface area contributed by atoms with E-state index in [1.807, 2.05) is 0 Å². The Kier molecular flexibility index (Phi) is 12.9. The van der Waals surface area contributed by atoms with Crippen LogP contribution < -0.4 is 27.4 Å². The molecule has 0 aliphatic heterocycles. The Hall–Kier alpha value is -4.98. The highest BCUT2D eigenvalue weighted by molar-refractivity contribution is 5.94. The van der Waals surface area contributed by atoms with Crippen molar-refractivity contribution in [3.05, 3.63) is 65.7 Å². The third-order valence-corrected chi connectivity index (χ3v) is 6.22. The summed E-state index contributed by atoms with van der Waals surface area (Å²) < 4.78 is 0. The standard InChI is InChI=1S/C28H35N5O9/c29-19(10-12-23(30)35)25(38)32-21(15-17-6-8-18(34)9-7-17)27(40)33-22(14-16-4-2-1-3-5-16)26(39)31-20(28(41)42)11-13-24(36)37/h1-9,19-22,34H,10-15,29H2,(H2,30,35)(H,31,39)(H,32,38)(H,33,40)(H,36,37)(H,41,42). The number of amides is 4. The van der Waals surface area contributed by atoms with Gasteiger partial charge < -0.3 is 42.7 Å². The van der Waals surface area contributed by atoms with Gasteiger partial charge in [-0.15, -0.1) is 0 Å². The Morgan fingerprint density at radius 3 is 1.67 bits per heavy atom. The molecule has 14 nitrogen and oxygen atoms in total. The topological polar surface area (TPSA) is 251 Å². The first kappa shape index (κ1) is 33.2. The molecule has 0 saturated carbocycles. The van der Waals surface area contributed by atoms with Gasteiger partial charge in [0.1, 0.15) is 23.9 Å². The number of carbonyl (C=O) groups is 6. The van der Waals surface area contributed by atoms with Gasteiger partial charge in [0, 0.05) is 25.7 Å². The number of benzene rings is 2. The second-order valence-corrected chi connectivity index (χ2v) is 9.63. The number of nitrogens with two attached hydrogens (primary N) is 2. The zero-order chi connectivity index (χ0) is 31.2. The second kappa shape index (κ2) is 16.3. The van der Waals surface area contributed by atoms with Crippen molar-refractivity contribution in [3.8, 4) is 5.75 Å². The van der Waals surface area contributed by atoms with Gasteiger partial charge in [0.15, 0.2) is 0 Å². The van der Waals surface area contributed by atoms with Crippen molar-refractivity contribution in [3.63, 3.8) is 0 Å². The summed E-state index contributed by atoms with van der Waals surface area (Å²) in [5.74, 6) is -5.80. The minimum absolute atomic E-state index is 0.0206. The van der Waals surface area contributed by atoms with Gasteiger partial charge in [-0.3, -0.25) is 24.0 Å². The zero-order valence-corrected chi connectivity index (χ0v) is 22.7. The second-order valence-electron chi connectivity index (χ2n) is 9.63. The average Bonchev–Trinajstić information content (AvgIpc) is 2.94. The quantitative estimate of drug-likeness (QED) is 0.114. The minimum atomic E-state index is -1.53. The lowest BCUT2D eigenvalue weighted by Gasteiger charge is -2.25. The molecule has 0 aliphatic carbocycles. The summed E-state index contributed by atoms with van der Waals surface area (Å²) in [7, 11) is 0. The van der Waals surface area contributed by atoms with E-state index in [0.29, 0.717) is 11.1 Å². The fourth-order valence-corrected chi connectivity index (χ4v) is 3.91. The van der Waals surface area contributed by atoms with Crippen LogP contribution >= 0.6 is 0 Å². The molecule has 4 unspecified atom stereocenters. The lowest BCUT2D eigenvalue weighted by atomic mass is 10.0. The van der Waals surface area contributed by atoms with Crippen molar-refractivity contribution in [1.29, 1.82) is 0 Å². The molecular weight excluding hydrogens is 550 g/mol. The summed E-state index contributed by atoms with van der Waals surface area (Å²) in [6.07, 6.45) is -1.25. The number of hydrogen-bond donors (Lipinski definition) is 8. The van der Waals surface area contributed by atoms with E-state index in [4.69, 9.17) is 16.6 Å². The van der Waals surface area contributed by atoms with Crippen molar-refractivity contribution in [2.45, 2.75) is 62.7 Å². The zero-order valence-electron chi connectivity index (χ0n) is 22.7. The highest BCUT2D eigenvalue weighted by Crippen LogP contribution is 2.13. The van der Waals surface area contributed by atoms with E-state index in [1.165, 1.54) is 24.3 Å². The largest absolute Gasteiger partial charge is 0.508 e. The molecule has 4 atom stereocenters. The first-order valence-corrected chi connectivity index (χ1v) is 13.1. The molecule has 0 fully saturated rings. The van der Waals surface area contributed by atoms with Crippen molar-refractivity contribution < 1.29 is 44.1 Å². The van der Waals surface area contributed by atoms with Crippen LogP contribution in [0.4, 0.5) is 0 Å². The average molecular weight is 586 g/mol. The number of rotatable bonds is 17. The van der Waals surface area contributed by atoms with Crippen LogP contribution in [0.5, 0.6) is 5.75 Å². The van der Waals surface area contributed by atoms with Gasteiger partial charge in [-0.1, -0.05) is 42.5 Å². The Bertz CT molecular complexity index is 1250. The van der Waals surface area contributed by atoms with Crippen LogP contribution in [-0.4, -0.2) is 75.1 Å². The molecular formula is C28H35N5O9. The number of hydrogen-bond acceptors (Lipinski definition) is 8. The van der Waals surface area contributed by atoms with Crippen LogP contribution in [-0.2, 0) is 41.6 Å². The Morgan fingerprint density at radius 1 is 0.667 bits per heavy atom. The van der Waals surface area contributed by atoms with Crippen LogP contribution in [0.25, 0.3) is 0 Å². The molecule has 226 valence electrons. The number of aliphatic carboxylic acids is 2. The van der Waals surface area contributed by atoms with Crippen LogP contribution in [0.1, 0.15) is 36.8 Å². The smallest absolute Gasteiger partial charge is 0.326 e. The molecule has 42 heavy (non-hydrogen) atoms. The lowest BCUT2D eigenvalue weighted by Crippen LogP contribution is -2.58. The number of carboxylic acid groups (broad SMARTS) is 2. The molecule has 4 amide bonds. The highest BCUT2D eigenvalue weighted by Gasteiger charge is 2.31. The molecule has 10 N–H and O–H groups in total. The molecule has 2 rings (SSSR count). The monoisotopic (exact) mass is 585 g/mol. The maximum atomic E-state index is 13.5. The van der Waals surface area contributed by atoms with Crippen molar-refractivity contribution in [2.24, 2.45) is 11.5 Å². The summed E-state index contributed by atoms with van der Waals surface area (Å²) in [6.45, 7) is 0. The molecule has 14 heteroatoms. The van der Waals surface area contributed by atoms with Crippen molar-refractivity contribution in [1.82, 2.24) is 16.0 Å². The van der Waals surface area contributed by atoms with Crippen molar-refractivity contribution in [2.75, 3.05) is 0 Å². The SMILES string of the molecule is NC(=O)CCC(N)C(=O)NC(Cc1ccc(O)cc1)C(=O)NC(Cc1ccccc1)C(=O)NC(CCC(=O)O)C(=O)O. The van der Waals surface area contributed by atoms with Crippen LogP contribution in [0.3, 0.4) is 0 Å². The number of phenols is 1. The molecule has 2 aromatic rings. The number of primary amides is 1. The summed E-state index contributed by atoms with van der Waals surface area (Å²) in [5, 5.41) is 35.4. The number of carbonyl (C=O) groups excluding carboxylic acids is 4. The lowest BCUT2D eigenvalue weighted by molar-refractivity contribution is -0.143. The summed E-state index contributed by atoms with van der Waals surface area (Å²) >= 11 is 0. The number of nitrogens with one attached hydrogen (secondary N) is 3. The fourth-order valence-electron chi connectivity index (χ4n) is 3.91. The van der Waals surface area contributed by atoms with E-state index in [1.54, 1.807) is 30.3 Å². The molecule has 0 radical (unpaired) electrons. The van der Waals surface area contributed by atoms with Gasteiger partial charge in [0.2, 0.25) is 23.6 Å².